The maximum Gasteiger partial charge on any atom is 0.235 e. The van der Waals surface area contributed by atoms with Gasteiger partial charge in [-0.25, -0.2) is 4.98 Å². The van der Waals surface area contributed by atoms with Crippen LogP contribution >= 0.6 is 0 Å². The summed E-state index contributed by atoms with van der Waals surface area (Å²) < 4.78 is 10.8. The van der Waals surface area contributed by atoms with E-state index < -0.39 is 5.41 Å². The van der Waals surface area contributed by atoms with Crippen molar-refractivity contribution in [2.75, 3.05) is 43.8 Å². The summed E-state index contributed by atoms with van der Waals surface area (Å²) in [5.74, 6) is 3.12. The molecule has 1 spiro atoms. The summed E-state index contributed by atoms with van der Waals surface area (Å²) in [5, 5.41) is 14.8. The number of amides is 1. The minimum absolute atomic E-state index is 0.0466. The first-order valence-electron chi connectivity index (χ1n) is 11.3. The third-order valence-corrected chi connectivity index (χ3v) is 6.91. The largest absolute Gasteiger partial charge is 0.497 e. The molecule has 2 aromatic carbocycles. The summed E-state index contributed by atoms with van der Waals surface area (Å²) in [4.78, 5) is 23.6. The Morgan fingerprint density at radius 2 is 1.97 bits per heavy atom. The van der Waals surface area contributed by atoms with Crippen LogP contribution in [0.15, 0.2) is 42.6 Å². The van der Waals surface area contributed by atoms with Crippen LogP contribution in [0.4, 0.5) is 23.3 Å². The average Bonchev–Trinajstić information content (AvgIpc) is 3.42. The number of hydrogen-bond donors (Lipinski definition) is 3. The molecular weight excluding hydrogens is 446 g/mol. The number of methoxy groups -OCH3 is 2. The van der Waals surface area contributed by atoms with Gasteiger partial charge in [-0.3, -0.25) is 9.89 Å². The van der Waals surface area contributed by atoms with Crippen molar-refractivity contribution in [3.63, 3.8) is 0 Å². The highest BCUT2D eigenvalue weighted by atomic mass is 16.5. The second-order valence-corrected chi connectivity index (χ2v) is 9.08. The van der Waals surface area contributed by atoms with Crippen LogP contribution in [0.1, 0.15) is 23.5 Å². The Hall–Kier alpha value is -4.34. The zero-order valence-electron chi connectivity index (χ0n) is 19.8. The van der Waals surface area contributed by atoms with Crippen molar-refractivity contribution in [1.29, 1.82) is 0 Å². The van der Waals surface area contributed by atoms with E-state index in [2.05, 4.69) is 42.9 Å². The van der Waals surface area contributed by atoms with Gasteiger partial charge >= 0.3 is 0 Å². The van der Waals surface area contributed by atoms with Gasteiger partial charge in [0.15, 0.2) is 17.4 Å². The van der Waals surface area contributed by atoms with E-state index in [0.717, 1.165) is 39.9 Å². The van der Waals surface area contributed by atoms with Gasteiger partial charge in [0, 0.05) is 31.1 Å². The number of anilines is 4. The van der Waals surface area contributed by atoms with Gasteiger partial charge in [0.1, 0.15) is 5.75 Å². The molecule has 1 amide bonds. The van der Waals surface area contributed by atoms with Crippen molar-refractivity contribution in [3.8, 4) is 11.5 Å². The van der Waals surface area contributed by atoms with Crippen LogP contribution in [-0.2, 0) is 10.2 Å². The SMILES string of the molecule is COc1ccc2c(c1)[C@]1(C[C@H]1c1ccc3c(Nc4nc(N(C)C)ncc4OC)n[nH]c3c1)C(=O)N2. The molecule has 3 N–H and O–H groups in total. The molecule has 10 heteroatoms. The first-order valence-corrected chi connectivity index (χ1v) is 11.3. The fourth-order valence-electron chi connectivity index (χ4n) is 4.98. The van der Waals surface area contributed by atoms with E-state index in [-0.39, 0.29) is 11.8 Å². The highest BCUT2D eigenvalue weighted by molar-refractivity contribution is 6.10. The molecular formula is C25H25N7O3. The maximum atomic E-state index is 13.0. The number of carbonyl (C=O) groups is 1. The summed E-state index contributed by atoms with van der Waals surface area (Å²) in [6.07, 6.45) is 2.39. The molecule has 178 valence electrons. The maximum absolute atomic E-state index is 13.0. The van der Waals surface area contributed by atoms with Crippen molar-refractivity contribution in [2.45, 2.75) is 17.8 Å². The van der Waals surface area contributed by atoms with E-state index in [1.54, 1.807) is 20.4 Å². The smallest absolute Gasteiger partial charge is 0.235 e. The van der Waals surface area contributed by atoms with Crippen LogP contribution in [0.2, 0.25) is 0 Å². The second-order valence-electron chi connectivity index (χ2n) is 9.08. The number of nitrogens with zero attached hydrogens (tertiary/aromatic N) is 4. The Bertz CT molecular complexity index is 1480. The topological polar surface area (TPSA) is 117 Å². The van der Waals surface area contributed by atoms with Crippen molar-refractivity contribution in [1.82, 2.24) is 20.2 Å². The van der Waals surface area contributed by atoms with Crippen molar-refractivity contribution < 1.29 is 14.3 Å². The van der Waals surface area contributed by atoms with Gasteiger partial charge in [-0.05, 0) is 47.9 Å². The van der Waals surface area contributed by atoms with Crippen LogP contribution in [0.5, 0.6) is 11.5 Å². The minimum Gasteiger partial charge on any atom is -0.497 e. The monoisotopic (exact) mass is 471 g/mol. The zero-order valence-corrected chi connectivity index (χ0v) is 19.8. The quantitative estimate of drug-likeness (QED) is 0.391. The first kappa shape index (κ1) is 21.2. The lowest BCUT2D eigenvalue weighted by atomic mass is 9.91. The fourth-order valence-corrected chi connectivity index (χ4v) is 4.98. The van der Waals surface area contributed by atoms with Crippen LogP contribution in [0.25, 0.3) is 10.9 Å². The van der Waals surface area contributed by atoms with E-state index in [1.165, 1.54) is 0 Å². The number of nitrogens with one attached hydrogen (secondary N) is 3. The van der Waals surface area contributed by atoms with Gasteiger partial charge in [-0.2, -0.15) is 10.1 Å². The predicted molar refractivity (Wildman–Crippen MR) is 133 cm³/mol. The number of ether oxygens (including phenoxy) is 2. The third-order valence-electron chi connectivity index (χ3n) is 6.91. The summed E-state index contributed by atoms with van der Waals surface area (Å²) in [5.41, 5.74) is 3.29. The summed E-state index contributed by atoms with van der Waals surface area (Å²) in [6.45, 7) is 0. The van der Waals surface area contributed by atoms with Gasteiger partial charge in [0.2, 0.25) is 11.9 Å². The van der Waals surface area contributed by atoms with E-state index in [1.807, 2.05) is 43.3 Å². The summed E-state index contributed by atoms with van der Waals surface area (Å²) in [6, 6.07) is 11.9. The van der Waals surface area contributed by atoms with Gasteiger partial charge in [0.25, 0.3) is 0 Å². The Balaban J connectivity index is 1.32. The number of hydrogen-bond acceptors (Lipinski definition) is 8. The standard InChI is InChI=1S/C25H25N7O3/c1-32(2)24-26-12-20(35-4)22(29-24)28-21-15-7-5-13(9-19(15)30-31-21)17-11-25(17)16-10-14(34-3)6-8-18(16)27-23(25)33/h5-10,12,17H,11H2,1-4H3,(H,27,33)(H2,26,28,29,30,31)/t17-,25-/m0/s1. The van der Waals surface area contributed by atoms with Gasteiger partial charge in [-0.1, -0.05) is 6.07 Å². The number of aromatic amines is 1. The molecule has 35 heavy (non-hydrogen) atoms. The van der Waals surface area contributed by atoms with Gasteiger partial charge in [0.05, 0.1) is 31.3 Å². The van der Waals surface area contributed by atoms with E-state index >= 15 is 0 Å². The van der Waals surface area contributed by atoms with E-state index in [0.29, 0.717) is 23.3 Å². The number of benzene rings is 2. The molecule has 4 aromatic rings. The Morgan fingerprint density at radius 3 is 2.74 bits per heavy atom. The normalized spacial score (nSPS) is 20.0. The number of fused-ring (bicyclic) bond motifs is 3. The third kappa shape index (κ3) is 3.17. The molecule has 1 fully saturated rings. The molecule has 0 saturated heterocycles. The van der Waals surface area contributed by atoms with E-state index in [9.17, 15) is 4.79 Å². The highest BCUT2D eigenvalue weighted by Crippen LogP contribution is 2.65. The molecule has 0 radical (unpaired) electrons. The number of carbonyl (C=O) groups excluding carboxylic acids is 1. The lowest BCUT2D eigenvalue weighted by Crippen LogP contribution is -2.21. The zero-order chi connectivity index (χ0) is 24.3. The van der Waals surface area contributed by atoms with Crippen LogP contribution < -0.4 is 25.0 Å². The Morgan fingerprint density at radius 1 is 1.11 bits per heavy atom. The number of H-pyrrole nitrogens is 1. The van der Waals surface area contributed by atoms with Crippen LogP contribution in [0.3, 0.4) is 0 Å². The van der Waals surface area contributed by atoms with Crippen molar-refractivity contribution >= 4 is 40.1 Å². The molecule has 6 rings (SSSR count). The molecule has 0 unspecified atom stereocenters. The average molecular weight is 472 g/mol. The Labute approximate surface area is 201 Å². The minimum atomic E-state index is -0.546. The first-order chi connectivity index (χ1) is 16.9. The fraction of sp³-hybridized carbons (Fsp3) is 0.280. The summed E-state index contributed by atoms with van der Waals surface area (Å²) in [7, 11) is 6.97. The Kier molecular flexibility index (Phi) is 4.60. The van der Waals surface area contributed by atoms with Crippen molar-refractivity contribution in [2.24, 2.45) is 0 Å². The lowest BCUT2D eigenvalue weighted by molar-refractivity contribution is -0.118. The lowest BCUT2D eigenvalue weighted by Gasteiger charge is -2.14. The molecule has 10 nitrogen and oxygen atoms in total. The highest BCUT2D eigenvalue weighted by Gasteiger charge is 2.65. The molecule has 1 aliphatic heterocycles. The summed E-state index contributed by atoms with van der Waals surface area (Å²) >= 11 is 0. The molecule has 2 aliphatic rings. The van der Waals surface area contributed by atoms with Crippen molar-refractivity contribution in [3.05, 3.63) is 53.7 Å². The number of aromatic nitrogens is 4. The molecule has 0 bridgehead atoms. The molecule has 1 aliphatic carbocycles. The second kappa shape index (κ2) is 7.59. The van der Waals surface area contributed by atoms with Gasteiger partial charge in [-0.15, -0.1) is 0 Å². The molecule has 2 aromatic heterocycles. The van der Waals surface area contributed by atoms with Crippen LogP contribution in [-0.4, -0.2) is 54.4 Å². The van der Waals surface area contributed by atoms with Gasteiger partial charge < -0.3 is 25.0 Å². The molecule has 2 atom stereocenters. The number of rotatable bonds is 6. The molecule has 3 heterocycles. The van der Waals surface area contributed by atoms with Crippen LogP contribution in [0, 0.1) is 0 Å². The predicted octanol–water partition coefficient (Wildman–Crippen LogP) is 3.56. The van der Waals surface area contributed by atoms with E-state index in [4.69, 9.17) is 9.47 Å². The molecule has 1 saturated carbocycles.